The molecule has 1 unspecified atom stereocenters. The molecule has 0 spiro atoms. The predicted octanol–water partition coefficient (Wildman–Crippen LogP) is 4.27. The Labute approximate surface area is 162 Å². The van der Waals surface area contributed by atoms with Gasteiger partial charge >= 0.3 is 6.09 Å². The summed E-state index contributed by atoms with van der Waals surface area (Å²) in [5.74, 6) is -2.44. The van der Waals surface area contributed by atoms with Gasteiger partial charge in [-0.15, -0.1) is 0 Å². The molecule has 2 amide bonds. The van der Waals surface area contributed by atoms with E-state index >= 15 is 0 Å². The molecule has 1 heterocycles. The van der Waals surface area contributed by atoms with E-state index in [1.165, 1.54) is 11.0 Å². The Bertz CT molecular complexity index is 889. The van der Waals surface area contributed by atoms with Crippen LogP contribution < -0.4 is 5.32 Å². The van der Waals surface area contributed by atoms with E-state index in [1.807, 2.05) is 24.3 Å². The van der Waals surface area contributed by atoms with Crippen LogP contribution in [-0.2, 0) is 22.5 Å². The molecule has 7 heteroatoms. The molecule has 0 aliphatic carbocycles. The zero-order valence-corrected chi connectivity index (χ0v) is 16.0. The molecule has 0 fully saturated rings. The summed E-state index contributed by atoms with van der Waals surface area (Å²) in [6, 6.07) is 9.80. The van der Waals surface area contributed by atoms with Crippen molar-refractivity contribution in [3.8, 4) is 0 Å². The number of halogens is 2. The van der Waals surface area contributed by atoms with Crippen LogP contribution in [0.3, 0.4) is 0 Å². The average molecular weight is 388 g/mol. The number of amides is 2. The third-order valence-electron chi connectivity index (χ3n) is 4.39. The highest BCUT2D eigenvalue weighted by molar-refractivity contribution is 5.97. The van der Waals surface area contributed by atoms with Crippen LogP contribution in [0.5, 0.6) is 0 Å². The van der Waals surface area contributed by atoms with E-state index in [2.05, 4.69) is 5.32 Å². The van der Waals surface area contributed by atoms with Gasteiger partial charge in [0, 0.05) is 6.42 Å². The normalized spacial score (nSPS) is 16.3. The van der Waals surface area contributed by atoms with E-state index in [-0.39, 0.29) is 13.0 Å². The minimum atomic E-state index is -0.955. The van der Waals surface area contributed by atoms with Crippen molar-refractivity contribution in [1.29, 1.82) is 0 Å². The molecular weight excluding hydrogens is 366 g/mol. The number of hydrogen-bond acceptors (Lipinski definition) is 3. The summed E-state index contributed by atoms with van der Waals surface area (Å²) < 4.78 is 33.3. The fourth-order valence-corrected chi connectivity index (χ4v) is 3.09. The van der Waals surface area contributed by atoms with Gasteiger partial charge in [-0.2, -0.15) is 0 Å². The van der Waals surface area contributed by atoms with Crippen molar-refractivity contribution in [2.24, 2.45) is 0 Å². The molecule has 0 bridgehead atoms. The van der Waals surface area contributed by atoms with Gasteiger partial charge in [0.1, 0.15) is 29.0 Å². The van der Waals surface area contributed by atoms with Crippen molar-refractivity contribution in [2.45, 2.75) is 45.4 Å². The Hall–Kier alpha value is -2.96. The fraction of sp³-hybridized carbons (Fsp3) is 0.333. The maximum Gasteiger partial charge on any atom is 0.411 e. The second-order valence-electron chi connectivity index (χ2n) is 7.68. The molecule has 0 saturated carbocycles. The SMILES string of the molecule is CC(C)(C)OC(=O)N1Cc2ccccc2CC1C(=O)Nc1c(F)cccc1F. The van der Waals surface area contributed by atoms with Gasteiger partial charge in [0.2, 0.25) is 5.91 Å². The number of nitrogens with zero attached hydrogens (tertiary/aromatic N) is 1. The summed E-state index contributed by atoms with van der Waals surface area (Å²) in [6.45, 7) is 5.36. The number of hydrogen-bond donors (Lipinski definition) is 1. The lowest BCUT2D eigenvalue weighted by Crippen LogP contribution is -2.52. The summed E-state index contributed by atoms with van der Waals surface area (Å²) in [5.41, 5.74) is 0.522. The first-order valence-electron chi connectivity index (χ1n) is 8.97. The summed E-state index contributed by atoms with van der Waals surface area (Å²) in [7, 11) is 0. The summed E-state index contributed by atoms with van der Waals surface area (Å²) >= 11 is 0. The molecule has 1 aliphatic heterocycles. The van der Waals surface area contributed by atoms with E-state index < -0.39 is 41.0 Å². The predicted molar refractivity (Wildman–Crippen MR) is 101 cm³/mol. The Morgan fingerprint density at radius 3 is 2.25 bits per heavy atom. The number of rotatable bonds is 2. The Morgan fingerprint density at radius 2 is 1.64 bits per heavy atom. The van der Waals surface area contributed by atoms with Crippen molar-refractivity contribution >= 4 is 17.7 Å². The number of ether oxygens (including phenoxy) is 1. The molecule has 2 aromatic carbocycles. The zero-order chi connectivity index (χ0) is 20.5. The van der Waals surface area contributed by atoms with Gasteiger partial charge in [-0.25, -0.2) is 13.6 Å². The topological polar surface area (TPSA) is 58.6 Å². The number of benzene rings is 2. The standard InChI is InChI=1S/C21H22F2N2O3/c1-21(2,3)28-20(27)25-12-14-8-5-4-7-13(14)11-17(25)19(26)24-18-15(22)9-6-10-16(18)23/h4-10,17H,11-12H2,1-3H3,(H,24,26). The van der Waals surface area contributed by atoms with Crippen LogP contribution in [0, 0.1) is 11.6 Å². The number of fused-ring (bicyclic) bond motifs is 1. The van der Waals surface area contributed by atoms with Gasteiger partial charge in [-0.3, -0.25) is 9.69 Å². The van der Waals surface area contributed by atoms with Crippen LogP contribution in [0.1, 0.15) is 31.9 Å². The van der Waals surface area contributed by atoms with Crippen molar-refractivity contribution in [3.63, 3.8) is 0 Å². The zero-order valence-electron chi connectivity index (χ0n) is 16.0. The minimum absolute atomic E-state index is 0.170. The molecule has 5 nitrogen and oxygen atoms in total. The van der Waals surface area contributed by atoms with Crippen LogP contribution in [0.25, 0.3) is 0 Å². The van der Waals surface area contributed by atoms with Gasteiger partial charge < -0.3 is 10.1 Å². The quantitative estimate of drug-likeness (QED) is 0.836. The number of nitrogens with one attached hydrogen (secondary N) is 1. The second-order valence-corrected chi connectivity index (χ2v) is 7.68. The maximum atomic E-state index is 13.9. The maximum absolute atomic E-state index is 13.9. The molecule has 1 atom stereocenters. The van der Waals surface area contributed by atoms with Crippen LogP contribution in [0.15, 0.2) is 42.5 Å². The monoisotopic (exact) mass is 388 g/mol. The molecule has 1 N–H and O–H groups in total. The molecule has 0 aromatic heterocycles. The first kappa shape index (κ1) is 19.8. The highest BCUT2D eigenvalue weighted by atomic mass is 19.1. The average Bonchev–Trinajstić information content (AvgIpc) is 2.62. The third-order valence-corrected chi connectivity index (χ3v) is 4.39. The highest BCUT2D eigenvalue weighted by Crippen LogP contribution is 2.27. The second kappa shape index (κ2) is 7.58. The van der Waals surface area contributed by atoms with Crippen molar-refractivity contribution in [3.05, 3.63) is 65.2 Å². The van der Waals surface area contributed by atoms with Crippen LogP contribution >= 0.6 is 0 Å². The van der Waals surface area contributed by atoms with Gasteiger partial charge in [0.25, 0.3) is 0 Å². The van der Waals surface area contributed by atoms with E-state index in [4.69, 9.17) is 4.74 Å². The molecule has 0 radical (unpaired) electrons. The van der Waals surface area contributed by atoms with E-state index in [9.17, 15) is 18.4 Å². The number of carbonyl (C=O) groups is 2. The molecule has 3 rings (SSSR count). The van der Waals surface area contributed by atoms with Crippen molar-refractivity contribution in [2.75, 3.05) is 5.32 Å². The van der Waals surface area contributed by atoms with Crippen LogP contribution in [-0.4, -0.2) is 28.5 Å². The molecule has 28 heavy (non-hydrogen) atoms. The molecule has 2 aromatic rings. The fourth-order valence-electron chi connectivity index (χ4n) is 3.09. The van der Waals surface area contributed by atoms with Crippen LogP contribution in [0.2, 0.25) is 0 Å². The van der Waals surface area contributed by atoms with E-state index in [0.717, 1.165) is 23.3 Å². The van der Waals surface area contributed by atoms with Gasteiger partial charge in [-0.1, -0.05) is 30.3 Å². The molecule has 148 valence electrons. The number of carbonyl (C=O) groups excluding carboxylic acids is 2. The largest absolute Gasteiger partial charge is 0.444 e. The highest BCUT2D eigenvalue weighted by Gasteiger charge is 2.37. The van der Waals surface area contributed by atoms with Crippen LogP contribution in [0.4, 0.5) is 19.3 Å². The molecule has 0 saturated heterocycles. The lowest BCUT2D eigenvalue weighted by Gasteiger charge is -2.36. The lowest BCUT2D eigenvalue weighted by atomic mass is 9.93. The van der Waals surface area contributed by atoms with Gasteiger partial charge in [0.15, 0.2) is 0 Å². The van der Waals surface area contributed by atoms with Gasteiger partial charge in [-0.05, 0) is 44.0 Å². The van der Waals surface area contributed by atoms with E-state index in [0.29, 0.717) is 0 Å². The molecule has 1 aliphatic rings. The summed E-state index contributed by atoms with van der Waals surface area (Å²) in [4.78, 5) is 26.9. The Kier molecular flexibility index (Phi) is 5.36. The molecular formula is C21H22F2N2O3. The summed E-state index contributed by atoms with van der Waals surface area (Å²) in [6.07, 6.45) is -0.437. The van der Waals surface area contributed by atoms with Crippen molar-refractivity contribution in [1.82, 2.24) is 4.90 Å². The minimum Gasteiger partial charge on any atom is -0.444 e. The summed E-state index contributed by atoms with van der Waals surface area (Å²) in [5, 5.41) is 2.29. The first-order chi connectivity index (χ1) is 13.2. The first-order valence-corrected chi connectivity index (χ1v) is 8.97. The smallest absolute Gasteiger partial charge is 0.411 e. The van der Waals surface area contributed by atoms with Gasteiger partial charge in [0.05, 0.1) is 6.54 Å². The lowest BCUT2D eigenvalue weighted by molar-refractivity contribution is -0.122. The Morgan fingerprint density at radius 1 is 1.04 bits per heavy atom. The van der Waals surface area contributed by atoms with E-state index in [1.54, 1.807) is 20.8 Å². The third kappa shape index (κ3) is 4.30. The van der Waals surface area contributed by atoms with Crippen molar-refractivity contribution < 1.29 is 23.1 Å². The number of anilines is 1. The number of para-hydroxylation sites is 1. The Balaban J connectivity index is 1.90.